The minimum absolute atomic E-state index is 0.273. The maximum absolute atomic E-state index is 5.22. The molecule has 1 saturated heterocycles. The fourth-order valence-electron chi connectivity index (χ4n) is 2.80. The van der Waals surface area contributed by atoms with E-state index in [1.807, 2.05) is 0 Å². The third-order valence-electron chi connectivity index (χ3n) is 4.10. The number of methoxy groups -OCH3 is 1. The van der Waals surface area contributed by atoms with Crippen LogP contribution in [-0.4, -0.2) is 30.6 Å². The Morgan fingerprint density at radius 1 is 1.11 bits per heavy atom. The van der Waals surface area contributed by atoms with Crippen LogP contribution >= 0.6 is 0 Å². The fourth-order valence-corrected chi connectivity index (χ4v) is 2.80. The third kappa shape index (κ3) is 2.69. The first-order valence-electron chi connectivity index (χ1n) is 6.81. The molecule has 0 spiro atoms. The summed E-state index contributed by atoms with van der Waals surface area (Å²) in [6.45, 7) is 11.6. The highest BCUT2D eigenvalue weighted by molar-refractivity contribution is 5.30. The quantitative estimate of drug-likeness (QED) is 0.792. The molecule has 0 aromatic heterocycles. The van der Waals surface area contributed by atoms with Crippen LogP contribution in [0.4, 0.5) is 0 Å². The van der Waals surface area contributed by atoms with Gasteiger partial charge in [0.05, 0.1) is 7.11 Å². The Labute approximate surface area is 111 Å². The van der Waals surface area contributed by atoms with Gasteiger partial charge in [-0.1, -0.05) is 19.1 Å². The molecule has 18 heavy (non-hydrogen) atoms. The van der Waals surface area contributed by atoms with Crippen LogP contribution in [0.2, 0.25) is 0 Å². The number of hydrogen-bond acceptors (Lipinski definition) is 2. The first-order chi connectivity index (χ1) is 8.41. The summed E-state index contributed by atoms with van der Waals surface area (Å²) in [7, 11) is 1.72. The van der Waals surface area contributed by atoms with E-state index in [-0.39, 0.29) is 5.54 Å². The Kier molecular flexibility index (Phi) is 3.67. The van der Waals surface area contributed by atoms with Gasteiger partial charge in [-0.05, 0) is 44.4 Å². The number of nitrogens with zero attached hydrogens (tertiary/aromatic N) is 1. The third-order valence-corrected chi connectivity index (χ3v) is 4.10. The van der Waals surface area contributed by atoms with Crippen LogP contribution in [0.15, 0.2) is 24.3 Å². The van der Waals surface area contributed by atoms with Crippen molar-refractivity contribution in [3.05, 3.63) is 29.8 Å². The van der Waals surface area contributed by atoms with Crippen LogP contribution < -0.4 is 4.74 Å². The van der Waals surface area contributed by atoms with E-state index in [1.165, 1.54) is 12.1 Å². The summed E-state index contributed by atoms with van der Waals surface area (Å²) >= 11 is 0. The molecule has 1 fully saturated rings. The van der Waals surface area contributed by atoms with E-state index in [4.69, 9.17) is 4.74 Å². The van der Waals surface area contributed by atoms with Crippen molar-refractivity contribution in [2.45, 2.75) is 39.2 Å². The van der Waals surface area contributed by atoms with Crippen LogP contribution in [0.25, 0.3) is 0 Å². The predicted molar refractivity (Wildman–Crippen MR) is 76.2 cm³/mol. The van der Waals surface area contributed by atoms with E-state index in [0.29, 0.717) is 5.92 Å². The van der Waals surface area contributed by atoms with Gasteiger partial charge in [-0.15, -0.1) is 0 Å². The highest BCUT2D eigenvalue weighted by atomic mass is 16.5. The summed E-state index contributed by atoms with van der Waals surface area (Å²) in [6.07, 6.45) is 0. The first-order valence-corrected chi connectivity index (χ1v) is 6.81. The molecule has 1 heterocycles. The van der Waals surface area contributed by atoms with Crippen molar-refractivity contribution in [2.24, 2.45) is 5.92 Å². The molecular formula is C16H25NO. The zero-order chi connectivity index (χ0) is 13.3. The highest BCUT2D eigenvalue weighted by Gasteiger charge is 2.35. The van der Waals surface area contributed by atoms with Gasteiger partial charge in [-0.2, -0.15) is 0 Å². The molecule has 1 aliphatic rings. The molecule has 0 amide bonds. The molecule has 0 radical (unpaired) electrons. The van der Waals surface area contributed by atoms with Gasteiger partial charge in [0.2, 0.25) is 0 Å². The van der Waals surface area contributed by atoms with Gasteiger partial charge < -0.3 is 4.74 Å². The van der Waals surface area contributed by atoms with Crippen molar-refractivity contribution < 1.29 is 4.74 Å². The summed E-state index contributed by atoms with van der Waals surface area (Å²) in [5.41, 5.74) is 1.71. The van der Waals surface area contributed by atoms with Crippen molar-refractivity contribution in [1.82, 2.24) is 4.90 Å². The number of benzene rings is 1. The van der Waals surface area contributed by atoms with Crippen molar-refractivity contribution in [2.75, 3.05) is 20.2 Å². The van der Waals surface area contributed by atoms with Crippen molar-refractivity contribution in [1.29, 1.82) is 0 Å². The molecule has 0 aliphatic carbocycles. The number of hydrogen-bond donors (Lipinski definition) is 0. The summed E-state index contributed by atoms with van der Waals surface area (Å²) in [6, 6.07) is 8.57. The molecule has 2 rings (SSSR count). The van der Waals surface area contributed by atoms with Crippen molar-refractivity contribution in [3.8, 4) is 5.75 Å². The molecule has 0 N–H and O–H groups in total. The molecule has 0 saturated carbocycles. The van der Waals surface area contributed by atoms with E-state index >= 15 is 0 Å². The zero-order valence-electron chi connectivity index (χ0n) is 12.2. The molecule has 1 aromatic carbocycles. The molecule has 2 heteroatoms. The zero-order valence-corrected chi connectivity index (χ0v) is 12.2. The smallest absolute Gasteiger partial charge is 0.118 e. The molecule has 2 atom stereocenters. The first kappa shape index (κ1) is 13.4. The second kappa shape index (κ2) is 4.93. The van der Waals surface area contributed by atoms with E-state index < -0.39 is 0 Å². The largest absolute Gasteiger partial charge is 0.497 e. The SMILES string of the molecule is COc1ccc([C@@H]2CN(C(C)(C)C)C[C@H]2C)cc1. The number of ether oxygens (including phenoxy) is 1. The monoisotopic (exact) mass is 247 g/mol. The Bertz CT molecular complexity index is 391. The molecule has 2 nitrogen and oxygen atoms in total. The average molecular weight is 247 g/mol. The van der Waals surface area contributed by atoms with Gasteiger partial charge in [0.25, 0.3) is 0 Å². The maximum Gasteiger partial charge on any atom is 0.118 e. The second-order valence-corrected chi connectivity index (χ2v) is 6.43. The van der Waals surface area contributed by atoms with Crippen LogP contribution in [0.3, 0.4) is 0 Å². The summed E-state index contributed by atoms with van der Waals surface area (Å²) in [5.74, 6) is 2.31. The van der Waals surface area contributed by atoms with Crippen molar-refractivity contribution >= 4 is 0 Å². The van der Waals surface area contributed by atoms with Crippen LogP contribution in [0, 0.1) is 5.92 Å². The van der Waals surface area contributed by atoms with E-state index in [1.54, 1.807) is 7.11 Å². The van der Waals surface area contributed by atoms with Crippen LogP contribution in [0.1, 0.15) is 39.2 Å². The Morgan fingerprint density at radius 2 is 1.72 bits per heavy atom. The van der Waals surface area contributed by atoms with Gasteiger partial charge in [0, 0.05) is 24.5 Å². The summed E-state index contributed by atoms with van der Waals surface area (Å²) in [5, 5.41) is 0. The number of likely N-dealkylation sites (tertiary alicyclic amines) is 1. The molecule has 0 bridgehead atoms. The van der Waals surface area contributed by atoms with Crippen LogP contribution in [0.5, 0.6) is 5.75 Å². The highest BCUT2D eigenvalue weighted by Crippen LogP contribution is 2.36. The average Bonchev–Trinajstić information content (AvgIpc) is 2.71. The Morgan fingerprint density at radius 3 is 2.17 bits per heavy atom. The molecule has 1 aromatic rings. The lowest BCUT2D eigenvalue weighted by Crippen LogP contribution is -2.39. The van der Waals surface area contributed by atoms with E-state index in [9.17, 15) is 0 Å². The second-order valence-electron chi connectivity index (χ2n) is 6.43. The lowest BCUT2D eigenvalue weighted by atomic mass is 9.90. The van der Waals surface area contributed by atoms with Gasteiger partial charge >= 0.3 is 0 Å². The van der Waals surface area contributed by atoms with E-state index in [0.717, 1.165) is 18.2 Å². The van der Waals surface area contributed by atoms with Gasteiger partial charge in [-0.25, -0.2) is 0 Å². The maximum atomic E-state index is 5.22. The van der Waals surface area contributed by atoms with Gasteiger partial charge in [0.15, 0.2) is 0 Å². The minimum atomic E-state index is 0.273. The summed E-state index contributed by atoms with van der Waals surface area (Å²) in [4.78, 5) is 2.59. The van der Waals surface area contributed by atoms with Crippen molar-refractivity contribution in [3.63, 3.8) is 0 Å². The topological polar surface area (TPSA) is 12.5 Å². The molecule has 1 aliphatic heterocycles. The Hall–Kier alpha value is -1.02. The van der Waals surface area contributed by atoms with Gasteiger partial charge in [-0.3, -0.25) is 4.90 Å². The van der Waals surface area contributed by atoms with E-state index in [2.05, 4.69) is 56.9 Å². The number of rotatable bonds is 2. The lowest BCUT2D eigenvalue weighted by Gasteiger charge is -2.31. The lowest BCUT2D eigenvalue weighted by molar-refractivity contribution is 0.168. The van der Waals surface area contributed by atoms with Crippen LogP contribution in [-0.2, 0) is 0 Å². The van der Waals surface area contributed by atoms with Gasteiger partial charge in [0.1, 0.15) is 5.75 Å². The normalized spacial score (nSPS) is 25.4. The molecule has 0 unspecified atom stereocenters. The molecular weight excluding hydrogens is 222 g/mol. The summed E-state index contributed by atoms with van der Waals surface area (Å²) < 4.78 is 5.22. The predicted octanol–water partition coefficient (Wildman–Crippen LogP) is 3.53. The minimum Gasteiger partial charge on any atom is -0.497 e. The fraction of sp³-hybridized carbons (Fsp3) is 0.625. The standard InChI is InChI=1S/C16H25NO/c1-12-10-17(16(2,3)4)11-15(12)13-6-8-14(18-5)9-7-13/h6-9,12,15H,10-11H2,1-5H3/t12-,15-/m1/s1. The Balaban J connectivity index is 2.13. The molecule has 100 valence electrons.